The molecule has 1 aromatic heterocycles. The van der Waals surface area contributed by atoms with Gasteiger partial charge in [0.25, 0.3) is 11.8 Å². The standard InChI is InChI=1S/C30H25N3O5/c1-19-15-23(17-27-28(34)31-33(29(27)35)25-9-4-3-5-10-25)20(2)32(19)24-11-13-26(14-12-24)38-18-21-7-6-8-22(16-21)30(36)37/h3-17H,18H2,1-2H3,(H,31,34)(H,36,37)/b27-17-. The zero-order valence-corrected chi connectivity index (χ0v) is 20.8. The van der Waals surface area contributed by atoms with Crippen LogP contribution in [-0.4, -0.2) is 27.5 Å². The number of aromatic nitrogens is 1. The summed E-state index contributed by atoms with van der Waals surface area (Å²) in [6, 6.07) is 25.1. The van der Waals surface area contributed by atoms with Crippen LogP contribution in [0.3, 0.4) is 0 Å². The number of aromatic carboxylic acids is 1. The third kappa shape index (κ3) is 4.79. The molecule has 0 radical (unpaired) electrons. The van der Waals surface area contributed by atoms with Crippen LogP contribution in [0.15, 0.2) is 90.5 Å². The first kappa shape index (κ1) is 24.6. The molecule has 8 nitrogen and oxygen atoms in total. The SMILES string of the molecule is Cc1cc(/C=C2/C(=O)NN(c3ccccc3)C2=O)c(C)n1-c1ccc(OCc2cccc(C(=O)O)c2)cc1. The van der Waals surface area contributed by atoms with E-state index in [0.29, 0.717) is 11.4 Å². The molecule has 1 aliphatic heterocycles. The van der Waals surface area contributed by atoms with Crippen molar-refractivity contribution in [1.82, 2.24) is 9.99 Å². The Morgan fingerprint density at radius 2 is 1.66 bits per heavy atom. The molecule has 0 unspecified atom stereocenters. The molecule has 1 aliphatic rings. The molecule has 5 rings (SSSR count). The molecule has 0 aliphatic carbocycles. The Balaban J connectivity index is 1.34. The van der Waals surface area contributed by atoms with Crippen molar-refractivity contribution in [1.29, 1.82) is 0 Å². The minimum absolute atomic E-state index is 0.0739. The second-order valence-electron chi connectivity index (χ2n) is 8.93. The predicted octanol–water partition coefficient (Wildman–Crippen LogP) is 4.83. The summed E-state index contributed by atoms with van der Waals surface area (Å²) in [5, 5.41) is 10.4. The van der Waals surface area contributed by atoms with E-state index in [1.807, 2.05) is 60.9 Å². The average Bonchev–Trinajstić information content (AvgIpc) is 3.37. The molecule has 2 amide bonds. The number of rotatable bonds is 7. The van der Waals surface area contributed by atoms with Crippen LogP contribution in [0.1, 0.15) is 32.9 Å². The summed E-state index contributed by atoms with van der Waals surface area (Å²) >= 11 is 0. The van der Waals surface area contributed by atoms with Crippen LogP contribution in [0.25, 0.3) is 11.8 Å². The number of aryl methyl sites for hydroxylation is 1. The summed E-state index contributed by atoms with van der Waals surface area (Å²) in [5.74, 6) is -1.18. The van der Waals surface area contributed by atoms with Crippen molar-refractivity contribution in [3.05, 3.63) is 119 Å². The molecular formula is C30H25N3O5. The molecule has 1 fully saturated rings. The van der Waals surface area contributed by atoms with Gasteiger partial charge in [0.15, 0.2) is 0 Å². The molecule has 0 bridgehead atoms. The zero-order chi connectivity index (χ0) is 26.8. The maximum Gasteiger partial charge on any atom is 0.335 e. The number of nitrogens with one attached hydrogen (secondary N) is 1. The van der Waals surface area contributed by atoms with Crippen LogP contribution in [0.5, 0.6) is 5.75 Å². The minimum atomic E-state index is -0.977. The molecule has 3 aromatic carbocycles. The number of amides is 2. The molecule has 0 saturated carbocycles. The van der Waals surface area contributed by atoms with Gasteiger partial charge in [0.2, 0.25) is 0 Å². The van der Waals surface area contributed by atoms with Crippen LogP contribution < -0.4 is 15.2 Å². The first-order valence-corrected chi connectivity index (χ1v) is 12.0. The fraction of sp³-hybridized carbons (Fsp3) is 0.100. The summed E-state index contributed by atoms with van der Waals surface area (Å²) in [5.41, 5.74) is 7.78. The van der Waals surface area contributed by atoms with E-state index >= 15 is 0 Å². The number of carboxylic acid groups (broad SMARTS) is 1. The monoisotopic (exact) mass is 507 g/mol. The number of hydrazine groups is 1. The quantitative estimate of drug-likeness (QED) is 0.276. The molecule has 0 spiro atoms. The largest absolute Gasteiger partial charge is 0.489 e. The maximum absolute atomic E-state index is 13.0. The van der Waals surface area contributed by atoms with Crippen molar-refractivity contribution in [2.45, 2.75) is 20.5 Å². The lowest BCUT2D eigenvalue weighted by Crippen LogP contribution is -2.35. The minimum Gasteiger partial charge on any atom is -0.489 e. The van der Waals surface area contributed by atoms with Crippen molar-refractivity contribution in [2.24, 2.45) is 0 Å². The number of nitrogens with zero attached hydrogens (tertiary/aromatic N) is 2. The van der Waals surface area contributed by atoms with Crippen molar-refractivity contribution in [3.63, 3.8) is 0 Å². The molecule has 38 heavy (non-hydrogen) atoms. The Morgan fingerprint density at radius 3 is 2.37 bits per heavy atom. The number of carbonyl (C=O) groups excluding carboxylic acids is 2. The van der Waals surface area contributed by atoms with Gasteiger partial charge in [-0.3, -0.25) is 15.0 Å². The van der Waals surface area contributed by atoms with E-state index in [1.165, 1.54) is 5.01 Å². The molecule has 2 N–H and O–H groups in total. The molecular weight excluding hydrogens is 482 g/mol. The van der Waals surface area contributed by atoms with Crippen LogP contribution in [0, 0.1) is 13.8 Å². The summed E-state index contributed by atoms with van der Waals surface area (Å²) in [4.78, 5) is 36.8. The van der Waals surface area contributed by atoms with Crippen LogP contribution in [0.4, 0.5) is 5.69 Å². The van der Waals surface area contributed by atoms with Gasteiger partial charge in [-0.1, -0.05) is 30.3 Å². The highest BCUT2D eigenvalue weighted by Crippen LogP contribution is 2.27. The number of ether oxygens (including phenoxy) is 1. The second kappa shape index (κ2) is 10.1. The van der Waals surface area contributed by atoms with Gasteiger partial charge in [-0.15, -0.1) is 0 Å². The highest BCUT2D eigenvalue weighted by molar-refractivity contribution is 6.31. The van der Waals surface area contributed by atoms with Gasteiger partial charge in [0.05, 0.1) is 11.3 Å². The fourth-order valence-electron chi connectivity index (χ4n) is 4.46. The summed E-state index contributed by atoms with van der Waals surface area (Å²) in [6.07, 6.45) is 1.63. The van der Waals surface area contributed by atoms with E-state index < -0.39 is 17.8 Å². The lowest BCUT2D eigenvalue weighted by atomic mass is 10.1. The van der Waals surface area contributed by atoms with Crippen LogP contribution in [-0.2, 0) is 16.2 Å². The summed E-state index contributed by atoms with van der Waals surface area (Å²) in [6.45, 7) is 4.14. The Kier molecular flexibility index (Phi) is 6.53. The van der Waals surface area contributed by atoms with Gasteiger partial charge in [0.1, 0.15) is 17.9 Å². The Hall–Kier alpha value is -5.11. The number of hydrogen-bond acceptors (Lipinski definition) is 4. The van der Waals surface area contributed by atoms with Crippen molar-refractivity contribution in [2.75, 3.05) is 5.01 Å². The zero-order valence-electron chi connectivity index (χ0n) is 20.8. The van der Waals surface area contributed by atoms with Crippen LogP contribution in [0.2, 0.25) is 0 Å². The normalized spacial score (nSPS) is 14.2. The topological polar surface area (TPSA) is 101 Å². The number of carboxylic acids is 1. The van der Waals surface area contributed by atoms with E-state index in [2.05, 4.69) is 5.43 Å². The first-order valence-electron chi connectivity index (χ1n) is 12.0. The average molecular weight is 508 g/mol. The number of hydrogen-bond donors (Lipinski definition) is 2. The number of para-hydroxylation sites is 1. The van der Waals surface area contributed by atoms with Crippen molar-refractivity contribution in [3.8, 4) is 11.4 Å². The molecule has 1 saturated heterocycles. The lowest BCUT2D eigenvalue weighted by molar-refractivity contribution is -0.117. The van der Waals surface area contributed by atoms with Gasteiger partial charge < -0.3 is 14.4 Å². The van der Waals surface area contributed by atoms with E-state index in [9.17, 15) is 14.4 Å². The third-order valence-corrected chi connectivity index (χ3v) is 6.35. The number of benzene rings is 3. The highest BCUT2D eigenvalue weighted by atomic mass is 16.5. The summed E-state index contributed by atoms with van der Waals surface area (Å²) in [7, 11) is 0. The van der Waals surface area contributed by atoms with Gasteiger partial charge >= 0.3 is 5.97 Å². The van der Waals surface area contributed by atoms with Gasteiger partial charge in [-0.2, -0.15) is 0 Å². The molecule has 2 heterocycles. The molecule has 0 atom stereocenters. The molecule has 190 valence electrons. The number of carbonyl (C=O) groups is 3. The number of anilines is 1. The van der Waals surface area contributed by atoms with Gasteiger partial charge in [0, 0.05) is 17.1 Å². The van der Waals surface area contributed by atoms with Crippen molar-refractivity contribution >= 4 is 29.5 Å². The van der Waals surface area contributed by atoms with E-state index in [1.54, 1.807) is 48.5 Å². The lowest BCUT2D eigenvalue weighted by Gasteiger charge is -2.13. The Labute approximate surface area is 219 Å². The molecule has 8 heteroatoms. The Bertz CT molecular complexity index is 1570. The van der Waals surface area contributed by atoms with E-state index in [0.717, 1.165) is 28.2 Å². The predicted molar refractivity (Wildman–Crippen MR) is 143 cm³/mol. The van der Waals surface area contributed by atoms with Crippen LogP contribution >= 0.6 is 0 Å². The molecule has 4 aromatic rings. The van der Waals surface area contributed by atoms with Crippen molar-refractivity contribution < 1.29 is 24.2 Å². The van der Waals surface area contributed by atoms with E-state index in [4.69, 9.17) is 9.84 Å². The third-order valence-electron chi connectivity index (χ3n) is 6.35. The fourth-order valence-corrected chi connectivity index (χ4v) is 4.46. The van der Waals surface area contributed by atoms with Gasteiger partial charge in [-0.25, -0.2) is 9.80 Å². The van der Waals surface area contributed by atoms with E-state index in [-0.39, 0.29) is 17.7 Å². The Morgan fingerprint density at radius 1 is 0.921 bits per heavy atom. The summed E-state index contributed by atoms with van der Waals surface area (Å²) < 4.78 is 7.88. The second-order valence-corrected chi connectivity index (χ2v) is 8.93. The van der Waals surface area contributed by atoms with Gasteiger partial charge in [-0.05, 0) is 85.6 Å². The maximum atomic E-state index is 13.0. The highest BCUT2D eigenvalue weighted by Gasteiger charge is 2.34. The first-order chi connectivity index (χ1) is 18.3. The smallest absolute Gasteiger partial charge is 0.335 e.